The van der Waals surface area contributed by atoms with E-state index in [1.165, 1.54) is 18.2 Å². The van der Waals surface area contributed by atoms with Crippen molar-refractivity contribution in [2.24, 2.45) is 0 Å². The van der Waals surface area contributed by atoms with Crippen LogP contribution in [0.1, 0.15) is 26.3 Å². The minimum atomic E-state index is -1.08. The number of carbonyl (C=O) groups excluding carboxylic acids is 1. The summed E-state index contributed by atoms with van der Waals surface area (Å²) in [5.74, 6) is -1.43. The molecule has 2 aromatic carbocycles. The summed E-state index contributed by atoms with van der Waals surface area (Å²) in [4.78, 5) is 23.2. The zero-order valence-electron chi connectivity index (χ0n) is 11.0. The third-order valence-corrected chi connectivity index (χ3v) is 4.16. The highest BCUT2D eigenvalue weighted by atomic mass is 79.9. The number of hydrogen-bond acceptors (Lipinski definition) is 2. The summed E-state index contributed by atoms with van der Waals surface area (Å²) in [6.07, 6.45) is 0. The molecule has 2 aromatic rings. The SMILES string of the molecule is Cc1c(Br)cccc1C(=O)Nc1cc(C(=O)O)ccc1Cl. The van der Waals surface area contributed by atoms with Crippen LogP contribution in [-0.4, -0.2) is 17.0 Å². The van der Waals surface area contributed by atoms with E-state index in [9.17, 15) is 9.59 Å². The van der Waals surface area contributed by atoms with Gasteiger partial charge in [0.1, 0.15) is 0 Å². The van der Waals surface area contributed by atoms with Gasteiger partial charge in [-0.2, -0.15) is 0 Å². The van der Waals surface area contributed by atoms with Crippen molar-refractivity contribution in [2.75, 3.05) is 5.32 Å². The number of nitrogens with one attached hydrogen (secondary N) is 1. The molecule has 2 N–H and O–H groups in total. The van der Waals surface area contributed by atoms with Crippen LogP contribution in [0.2, 0.25) is 5.02 Å². The van der Waals surface area contributed by atoms with Gasteiger partial charge in [0.25, 0.3) is 5.91 Å². The second-order valence-electron chi connectivity index (χ2n) is 4.37. The van der Waals surface area contributed by atoms with Crippen molar-refractivity contribution < 1.29 is 14.7 Å². The fourth-order valence-corrected chi connectivity index (χ4v) is 2.33. The average Bonchev–Trinajstić information content (AvgIpc) is 2.43. The normalized spacial score (nSPS) is 10.2. The molecule has 0 aliphatic heterocycles. The van der Waals surface area contributed by atoms with Gasteiger partial charge in [0, 0.05) is 10.0 Å². The Balaban J connectivity index is 2.33. The van der Waals surface area contributed by atoms with Crippen molar-refractivity contribution in [3.63, 3.8) is 0 Å². The Labute approximate surface area is 134 Å². The Morgan fingerprint density at radius 2 is 1.95 bits per heavy atom. The smallest absolute Gasteiger partial charge is 0.335 e. The molecule has 0 saturated carbocycles. The molecule has 0 atom stereocenters. The molecule has 108 valence electrons. The standard InChI is InChI=1S/C15H11BrClNO3/c1-8-10(3-2-4-11(8)16)14(19)18-13-7-9(15(20)21)5-6-12(13)17/h2-7H,1H3,(H,18,19)(H,20,21). The van der Waals surface area contributed by atoms with Gasteiger partial charge in [-0.3, -0.25) is 4.79 Å². The van der Waals surface area contributed by atoms with E-state index in [2.05, 4.69) is 21.2 Å². The number of carbonyl (C=O) groups is 2. The summed E-state index contributed by atoms with van der Waals surface area (Å²) < 4.78 is 0.820. The molecule has 0 spiro atoms. The molecule has 0 radical (unpaired) electrons. The van der Waals surface area contributed by atoms with Crippen LogP contribution in [0.5, 0.6) is 0 Å². The molecule has 6 heteroatoms. The number of aromatic carboxylic acids is 1. The maximum Gasteiger partial charge on any atom is 0.335 e. The summed E-state index contributed by atoms with van der Waals surface area (Å²) in [7, 11) is 0. The lowest BCUT2D eigenvalue weighted by atomic mass is 10.1. The Hall–Kier alpha value is -1.85. The first-order valence-corrected chi connectivity index (χ1v) is 7.16. The van der Waals surface area contributed by atoms with Gasteiger partial charge in [-0.15, -0.1) is 0 Å². The van der Waals surface area contributed by atoms with Crippen LogP contribution in [0.15, 0.2) is 40.9 Å². The number of rotatable bonds is 3. The van der Waals surface area contributed by atoms with Crippen LogP contribution < -0.4 is 5.32 Å². The maximum absolute atomic E-state index is 12.3. The average molecular weight is 369 g/mol. The fraction of sp³-hybridized carbons (Fsp3) is 0.0667. The lowest BCUT2D eigenvalue weighted by Gasteiger charge is -2.10. The van der Waals surface area contributed by atoms with Crippen molar-refractivity contribution >= 4 is 45.1 Å². The van der Waals surface area contributed by atoms with E-state index in [1.807, 2.05) is 13.0 Å². The van der Waals surface area contributed by atoms with Crippen LogP contribution in [0.4, 0.5) is 5.69 Å². The minimum Gasteiger partial charge on any atom is -0.478 e. The van der Waals surface area contributed by atoms with Gasteiger partial charge in [0.2, 0.25) is 0 Å². The van der Waals surface area contributed by atoms with E-state index in [-0.39, 0.29) is 22.2 Å². The van der Waals surface area contributed by atoms with Crippen LogP contribution >= 0.6 is 27.5 Å². The monoisotopic (exact) mass is 367 g/mol. The quantitative estimate of drug-likeness (QED) is 0.846. The van der Waals surface area contributed by atoms with Crippen LogP contribution in [0.3, 0.4) is 0 Å². The van der Waals surface area contributed by atoms with Gasteiger partial charge >= 0.3 is 5.97 Å². The second kappa shape index (κ2) is 6.28. The molecule has 0 unspecified atom stereocenters. The molecule has 0 aliphatic carbocycles. The van der Waals surface area contributed by atoms with Gasteiger partial charge in [0.15, 0.2) is 0 Å². The van der Waals surface area contributed by atoms with Crippen molar-refractivity contribution in [1.82, 2.24) is 0 Å². The number of carboxylic acids is 1. The first kappa shape index (κ1) is 15.5. The van der Waals surface area contributed by atoms with Gasteiger partial charge in [-0.1, -0.05) is 33.6 Å². The highest BCUT2D eigenvalue weighted by molar-refractivity contribution is 9.10. The summed E-state index contributed by atoms with van der Waals surface area (Å²) >= 11 is 9.35. The van der Waals surface area contributed by atoms with Gasteiger partial charge in [-0.05, 0) is 42.8 Å². The summed E-state index contributed by atoms with van der Waals surface area (Å²) in [5.41, 5.74) is 1.60. The van der Waals surface area contributed by atoms with E-state index in [0.717, 1.165) is 10.0 Å². The molecule has 1 amide bonds. The van der Waals surface area contributed by atoms with E-state index < -0.39 is 5.97 Å². The van der Waals surface area contributed by atoms with Crippen LogP contribution in [0.25, 0.3) is 0 Å². The Kier molecular flexibility index (Phi) is 4.65. The largest absolute Gasteiger partial charge is 0.478 e. The molecule has 4 nitrogen and oxygen atoms in total. The molecule has 0 fully saturated rings. The number of amides is 1. The summed E-state index contributed by atoms with van der Waals surface area (Å²) in [6.45, 7) is 1.81. The first-order chi connectivity index (χ1) is 9.90. The molecule has 0 heterocycles. The Morgan fingerprint density at radius 3 is 2.62 bits per heavy atom. The number of anilines is 1. The van der Waals surface area contributed by atoms with E-state index in [4.69, 9.17) is 16.7 Å². The molecule has 0 saturated heterocycles. The zero-order valence-corrected chi connectivity index (χ0v) is 13.3. The molecular weight excluding hydrogens is 358 g/mol. The van der Waals surface area contributed by atoms with Crippen molar-refractivity contribution in [2.45, 2.75) is 6.92 Å². The third-order valence-electron chi connectivity index (χ3n) is 2.97. The van der Waals surface area contributed by atoms with Crippen molar-refractivity contribution in [1.29, 1.82) is 0 Å². The number of benzene rings is 2. The summed E-state index contributed by atoms with van der Waals surface area (Å²) in [5, 5.41) is 11.9. The van der Waals surface area contributed by atoms with E-state index in [0.29, 0.717) is 5.56 Å². The maximum atomic E-state index is 12.3. The third kappa shape index (κ3) is 3.43. The molecule has 21 heavy (non-hydrogen) atoms. The molecule has 0 aromatic heterocycles. The lowest BCUT2D eigenvalue weighted by Crippen LogP contribution is -2.14. The predicted molar refractivity (Wildman–Crippen MR) is 85.2 cm³/mol. The summed E-state index contributed by atoms with van der Waals surface area (Å²) in [6, 6.07) is 9.42. The first-order valence-electron chi connectivity index (χ1n) is 5.99. The molecular formula is C15H11BrClNO3. The topological polar surface area (TPSA) is 66.4 Å². The highest BCUT2D eigenvalue weighted by Crippen LogP contribution is 2.25. The van der Waals surface area contributed by atoms with Gasteiger partial charge in [0.05, 0.1) is 16.3 Å². The number of halogens is 2. The fourth-order valence-electron chi connectivity index (χ4n) is 1.80. The number of carboxylic acid groups (broad SMARTS) is 1. The Morgan fingerprint density at radius 1 is 1.24 bits per heavy atom. The van der Waals surface area contributed by atoms with Crippen LogP contribution in [-0.2, 0) is 0 Å². The van der Waals surface area contributed by atoms with E-state index >= 15 is 0 Å². The van der Waals surface area contributed by atoms with Crippen molar-refractivity contribution in [3.8, 4) is 0 Å². The molecule has 2 rings (SSSR count). The lowest BCUT2D eigenvalue weighted by molar-refractivity contribution is 0.0696. The predicted octanol–water partition coefficient (Wildman–Crippen LogP) is 4.36. The Bertz CT molecular complexity index is 731. The van der Waals surface area contributed by atoms with Gasteiger partial charge < -0.3 is 10.4 Å². The van der Waals surface area contributed by atoms with Crippen LogP contribution in [0, 0.1) is 6.92 Å². The zero-order chi connectivity index (χ0) is 15.6. The highest BCUT2D eigenvalue weighted by Gasteiger charge is 2.14. The van der Waals surface area contributed by atoms with Gasteiger partial charge in [-0.25, -0.2) is 4.79 Å². The molecule has 0 bridgehead atoms. The number of hydrogen-bond donors (Lipinski definition) is 2. The molecule has 0 aliphatic rings. The minimum absolute atomic E-state index is 0.0562. The second-order valence-corrected chi connectivity index (χ2v) is 5.63. The van der Waals surface area contributed by atoms with E-state index in [1.54, 1.807) is 12.1 Å². The van der Waals surface area contributed by atoms with Crippen molar-refractivity contribution in [3.05, 3.63) is 62.6 Å².